The highest BCUT2D eigenvalue weighted by atomic mass is 16.4. The van der Waals surface area contributed by atoms with E-state index in [4.69, 9.17) is 5.11 Å². The molecule has 0 aromatic carbocycles. The molecule has 0 radical (unpaired) electrons. The Hall–Kier alpha value is -1.89. The third kappa shape index (κ3) is 4.70. The van der Waals surface area contributed by atoms with E-state index in [-0.39, 0.29) is 18.1 Å². The molecule has 7 heteroatoms. The zero-order chi connectivity index (χ0) is 14.3. The van der Waals surface area contributed by atoms with Crippen molar-refractivity contribution in [3.8, 4) is 0 Å². The minimum Gasteiger partial charge on any atom is -0.480 e. The first-order chi connectivity index (χ1) is 9.08. The van der Waals surface area contributed by atoms with Crippen molar-refractivity contribution < 1.29 is 14.7 Å². The van der Waals surface area contributed by atoms with Gasteiger partial charge in [0, 0.05) is 19.3 Å². The Balaban J connectivity index is 2.49. The first-order valence-corrected chi connectivity index (χ1v) is 6.32. The zero-order valence-electron chi connectivity index (χ0n) is 11.3. The molecule has 1 aromatic rings. The highest BCUT2D eigenvalue weighted by Crippen LogP contribution is 1.98. The summed E-state index contributed by atoms with van der Waals surface area (Å²) in [4.78, 5) is 24.7. The second-order valence-corrected chi connectivity index (χ2v) is 4.05. The molecule has 0 unspecified atom stereocenters. The number of aliphatic carboxylic acids is 1. The SMILES string of the molecule is CCN(CC)CCNC(=O)c1ccnn1CC(=O)O. The molecule has 1 rings (SSSR count). The highest BCUT2D eigenvalue weighted by molar-refractivity contribution is 5.92. The molecule has 0 bridgehead atoms. The predicted molar refractivity (Wildman–Crippen MR) is 70.0 cm³/mol. The van der Waals surface area contributed by atoms with Crippen LogP contribution in [-0.2, 0) is 11.3 Å². The van der Waals surface area contributed by atoms with Gasteiger partial charge in [0.2, 0.25) is 0 Å². The number of hydrogen-bond acceptors (Lipinski definition) is 4. The van der Waals surface area contributed by atoms with Crippen LogP contribution in [0.4, 0.5) is 0 Å². The average molecular weight is 268 g/mol. The molecule has 0 spiro atoms. The minimum absolute atomic E-state index is 0.266. The Morgan fingerprint density at radius 1 is 1.42 bits per heavy atom. The maximum atomic E-state index is 11.9. The molecule has 0 aliphatic heterocycles. The van der Waals surface area contributed by atoms with E-state index < -0.39 is 5.97 Å². The summed E-state index contributed by atoms with van der Waals surface area (Å²) in [6.45, 7) is 6.98. The lowest BCUT2D eigenvalue weighted by Crippen LogP contribution is -2.35. The van der Waals surface area contributed by atoms with Crippen LogP contribution in [0, 0.1) is 0 Å². The Morgan fingerprint density at radius 3 is 2.68 bits per heavy atom. The molecule has 0 aliphatic carbocycles. The maximum absolute atomic E-state index is 11.9. The molecule has 0 fully saturated rings. The van der Waals surface area contributed by atoms with Gasteiger partial charge in [0.15, 0.2) is 0 Å². The first kappa shape index (κ1) is 15.2. The fraction of sp³-hybridized carbons (Fsp3) is 0.583. The second kappa shape index (κ2) is 7.52. The average Bonchev–Trinajstić information content (AvgIpc) is 2.81. The van der Waals surface area contributed by atoms with Gasteiger partial charge in [0.25, 0.3) is 5.91 Å². The van der Waals surface area contributed by atoms with Crippen LogP contribution in [0.5, 0.6) is 0 Å². The van der Waals surface area contributed by atoms with Crippen LogP contribution in [0.3, 0.4) is 0 Å². The van der Waals surface area contributed by atoms with Crippen LogP contribution in [0.1, 0.15) is 24.3 Å². The van der Waals surface area contributed by atoms with E-state index in [9.17, 15) is 9.59 Å². The van der Waals surface area contributed by atoms with Crippen molar-refractivity contribution >= 4 is 11.9 Å². The van der Waals surface area contributed by atoms with Gasteiger partial charge in [-0.15, -0.1) is 0 Å². The number of hydrogen-bond donors (Lipinski definition) is 2. The molecule has 1 amide bonds. The van der Waals surface area contributed by atoms with Crippen molar-refractivity contribution in [1.82, 2.24) is 20.0 Å². The topological polar surface area (TPSA) is 87.5 Å². The number of rotatable bonds is 8. The fourth-order valence-electron chi connectivity index (χ4n) is 1.74. The third-order valence-electron chi connectivity index (χ3n) is 2.84. The van der Waals surface area contributed by atoms with Crippen molar-refractivity contribution in [3.63, 3.8) is 0 Å². The van der Waals surface area contributed by atoms with Crippen LogP contribution in [0.15, 0.2) is 12.3 Å². The Kier molecular flexibility index (Phi) is 6.01. The number of carboxylic acids is 1. The van der Waals surface area contributed by atoms with Gasteiger partial charge in [0.1, 0.15) is 12.2 Å². The van der Waals surface area contributed by atoms with Crippen LogP contribution in [0.25, 0.3) is 0 Å². The quantitative estimate of drug-likeness (QED) is 0.695. The van der Waals surface area contributed by atoms with Crippen molar-refractivity contribution in [2.45, 2.75) is 20.4 Å². The van der Waals surface area contributed by atoms with E-state index in [1.165, 1.54) is 16.9 Å². The lowest BCUT2D eigenvalue weighted by atomic mass is 10.4. The standard InChI is InChI=1S/C12H20N4O3/c1-3-15(4-2)8-7-13-12(19)10-5-6-14-16(10)9-11(17)18/h5-6H,3-4,7-9H2,1-2H3,(H,13,19)(H,17,18). The molecule has 0 atom stereocenters. The summed E-state index contributed by atoms with van der Waals surface area (Å²) in [5.41, 5.74) is 0.266. The first-order valence-electron chi connectivity index (χ1n) is 6.32. The molecule has 0 saturated carbocycles. The van der Waals surface area contributed by atoms with Gasteiger partial charge in [-0.3, -0.25) is 9.59 Å². The van der Waals surface area contributed by atoms with E-state index in [2.05, 4.69) is 29.2 Å². The number of amides is 1. The summed E-state index contributed by atoms with van der Waals surface area (Å²) in [5, 5.41) is 15.3. The predicted octanol–water partition coefficient (Wildman–Crippen LogP) is 0.0393. The van der Waals surface area contributed by atoms with Crippen molar-refractivity contribution in [2.24, 2.45) is 0 Å². The van der Waals surface area contributed by atoms with Crippen LogP contribution in [-0.4, -0.2) is 57.8 Å². The van der Waals surface area contributed by atoms with E-state index in [0.29, 0.717) is 6.54 Å². The normalized spacial score (nSPS) is 10.7. The monoisotopic (exact) mass is 268 g/mol. The lowest BCUT2D eigenvalue weighted by Gasteiger charge is -2.17. The molecule has 0 saturated heterocycles. The summed E-state index contributed by atoms with van der Waals surface area (Å²) >= 11 is 0. The molecular weight excluding hydrogens is 248 g/mol. The van der Waals surface area contributed by atoms with E-state index in [1.54, 1.807) is 0 Å². The van der Waals surface area contributed by atoms with Gasteiger partial charge in [-0.25, -0.2) is 4.68 Å². The molecule has 19 heavy (non-hydrogen) atoms. The molecular formula is C12H20N4O3. The number of carbonyl (C=O) groups excluding carboxylic acids is 1. The van der Waals surface area contributed by atoms with Crippen LogP contribution < -0.4 is 5.32 Å². The minimum atomic E-state index is -1.03. The molecule has 1 aromatic heterocycles. The molecule has 0 aliphatic rings. The zero-order valence-corrected chi connectivity index (χ0v) is 11.3. The Labute approximate surface area is 112 Å². The second-order valence-electron chi connectivity index (χ2n) is 4.05. The van der Waals surface area contributed by atoms with Crippen molar-refractivity contribution in [1.29, 1.82) is 0 Å². The van der Waals surface area contributed by atoms with Gasteiger partial charge >= 0.3 is 5.97 Å². The summed E-state index contributed by atoms with van der Waals surface area (Å²) < 4.78 is 1.18. The number of carboxylic acid groups (broad SMARTS) is 1. The van der Waals surface area contributed by atoms with Gasteiger partial charge in [-0.1, -0.05) is 13.8 Å². The van der Waals surface area contributed by atoms with Gasteiger partial charge < -0.3 is 15.3 Å². The van der Waals surface area contributed by atoms with E-state index >= 15 is 0 Å². The molecule has 2 N–H and O–H groups in total. The van der Waals surface area contributed by atoms with E-state index in [1.807, 2.05) is 0 Å². The number of nitrogens with zero attached hydrogens (tertiary/aromatic N) is 3. The van der Waals surface area contributed by atoms with Crippen molar-refractivity contribution in [3.05, 3.63) is 18.0 Å². The van der Waals surface area contributed by atoms with Crippen LogP contribution in [0.2, 0.25) is 0 Å². The van der Waals surface area contributed by atoms with E-state index in [0.717, 1.165) is 19.6 Å². The largest absolute Gasteiger partial charge is 0.480 e. The fourth-order valence-corrected chi connectivity index (χ4v) is 1.74. The number of likely N-dealkylation sites (N-methyl/N-ethyl adjacent to an activating group) is 1. The van der Waals surface area contributed by atoms with Crippen LogP contribution >= 0.6 is 0 Å². The lowest BCUT2D eigenvalue weighted by molar-refractivity contribution is -0.137. The summed E-state index contributed by atoms with van der Waals surface area (Å²) in [6, 6.07) is 1.51. The number of nitrogens with one attached hydrogen (secondary N) is 1. The Bertz CT molecular complexity index is 426. The Morgan fingerprint density at radius 2 is 2.11 bits per heavy atom. The molecule has 106 valence electrons. The highest BCUT2D eigenvalue weighted by Gasteiger charge is 2.13. The number of aromatic nitrogens is 2. The van der Waals surface area contributed by atoms with Gasteiger partial charge in [-0.05, 0) is 19.2 Å². The smallest absolute Gasteiger partial charge is 0.325 e. The summed E-state index contributed by atoms with van der Waals surface area (Å²) in [7, 11) is 0. The van der Waals surface area contributed by atoms with Gasteiger partial charge in [0.05, 0.1) is 0 Å². The molecule has 1 heterocycles. The third-order valence-corrected chi connectivity index (χ3v) is 2.84. The maximum Gasteiger partial charge on any atom is 0.325 e. The number of carbonyl (C=O) groups is 2. The molecule has 7 nitrogen and oxygen atoms in total. The van der Waals surface area contributed by atoms with Crippen molar-refractivity contribution in [2.75, 3.05) is 26.2 Å². The summed E-state index contributed by atoms with van der Waals surface area (Å²) in [6.07, 6.45) is 1.42. The summed E-state index contributed by atoms with van der Waals surface area (Å²) in [5.74, 6) is -1.33. The van der Waals surface area contributed by atoms with Gasteiger partial charge in [-0.2, -0.15) is 5.10 Å².